The minimum absolute atomic E-state index is 0.0654. The van der Waals surface area contributed by atoms with Crippen molar-refractivity contribution in [3.8, 4) is 0 Å². The van der Waals surface area contributed by atoms with Crippen molar-refractivity contribution in [1.29, 1.82) is 0 Å². The van der Waals surface area contributed by atoms with Crippen LogP contribution in [0.5, 0.6) is 0 Å². The number of anilines is 1. The first-order valence-corrected chi connectivity index (χ1v) is 7.58. The number of aliphatic hydroxyl groups excluding tert-OH is 1. The molecule has 0 radical (unpaired) electrons. The highest BCUT2D eigenvalue weighted by Crippen LogP contribution is 2.33. The number of hydrogen-bond acceptors (Lipinski definition) is 4. The van der Waals surface area contributed by atoms with Gasteiger partial charge < -0.3 is 15.3 Å². The summed E-state index contributed by atoms with van der Waals surface area (Å²) < 4.78 is 0. The van der Waals surface area contributed by atoms with Crippen LogP contribution in [-0.4, -0.2) is 42.5 Å². The quantitative estimate of drug-likeness (QED) is 0.877. The maximum Gasteiger partial charge on any atom is 0.240 e. The van der Waals surface area contributed by atoms with E-state index in [1.165, 1.54) is 4.90 Å². The molecule has 1 aromatic rings. The lowest BCUT2D eigenvalue weighted by Gasteiger charge is -2.22. The zero-order valence-electron chi connectivity index (χ0n) is 11.1. The van der Waals surface area contributed by atoms with Gasteiger partial charge in [0, 0.05) is 18.0 Å². The fourth-order valence-electron chi connectivity index (χ4n) is 2.07. The molecular weight excluding hydrogens is 260 g/mol. The predicted molar refractivity (Wildman–Crippen MR) is 78.7 cm³/mol. The van der Waals surface area contributed by atoms with Crippen molar-refractivity contribution >= 4 is 23.4 Å². The van der Waals surface area contributed by atoms with E-state index in [2.05, 4.69) is 11.4 Å². The number of carbonyl (C=O) groups excluding carboxylic acids is 1. The second-order valence-electron chi connectivity index (χ2n) is 4.70. The van der Waals surface area contributed by atoms with E-state index >= 15 is 0 Å². The normalized spacial score (nSPS) is 16.6. The van der Waals surface area contributed by atoms with Crippen LogP contribution in [0.1, 0.15) is 13.3 Å². The fourth-order valence-corrected chi connectivity index (χ4v) is 3.06. The van der Waals surface area contributed by atoms with E-state index in [-0.39, 0.29) is 12.5 Å². The molecule has 5 heteroatoms. The number of aliphatic hydroxyl groups is 1. The number of benzene rings is 1. The molecule has 0 spiro atoms. The Morgan fingerprint density at radius 2 is 2.32 bits per heavy atom. The molecule has 0 saturated heterocycles. The van der Waals surface area contributed by atoms with Crippen molar-refractivity contribution in [2.45, 2.75) is 24.3 Å². The molecule has 0 aliphatic carbocycles. The van der Waals surface area contributed by atoms with Gasteiger partial charge in [0.15, 0.2) is 0 Å². The van der Waals surface area contributed by atoms with Gasteiger partial charge in [0.05, 0.1) is 18.3 Å². The van der Waals surface area contributed by atoms with Crippen molar-refractivity contribution in [1.82, 2.24) is 5.32 Å². The van der Waals surface area contributed by atoms with Gasteiger partial charge in [-0.05, 0) is 31.2 Å². The third-order valence-electron chi connectivity index (χ3n) is 2.96. The second-order valence-corrected chi connectivity index (χ2v) is 5.83. The van der Waals surface area contributed by atoms with E-state index in [0.29, 0.717) is 6.54 Å². The Kier molecular flexibility index (Phi) is 5.24. The van der Waals surface area contributed by atoms with Crippen molar-refractivity contribution < 1.29 is 9.90 Å². The van der Waals surface area contributed by atoms with E-state index in [1.807, 2.05) is 23.1 Å². The van der Waals surface area contributed by atoms with Crippen molar-refractivity contribution in [2.24, 2.45) is 0 Å². The van der Waals surface area contributed by atoms with Gasteiger partial charge in [-0.15, -0.1) is 11.8 Å². The molecule has 4 nitrogen and oxygen atoms in total. The molecule has 0 aromatic heterocycles. The van der Waals surface area contributed by atoms with Crippen LogP contribution < -0.4 is 10.2 Å². The Morgan fingerprint density at radius 1 is 1.53 bits per heavy atom. The first-order chi connectivity index (χ1) is 9.18. The van der Waals surface area contributed by atoms with Crippen LogP contribution in [0.15, 0.2) is 29.2 Å². The molecule has 2 rings (SSSR count). The lowest BCUT2D eigenvalue weighted by atomic mass is 10.2. The maximum atomic E-state index is 12.3. The van der Waals surface area contributed by atoms with Gasteiger partial charge in [0.1, 0.15) is 0 Å². The highest BCUT2D eigenvalue weighted by Gasteiger charge is 2.20. The third kappa shape index (κ3) is 3.96. The fraction of sp³-hybridized carbons (Fsp3) is 0.500. The Balaban J connectivity index is 2.04. The summed E-state index contributed by atoms with van der Waals surface area (Å²) >= 11 is 1.81. The van der Waals surface area contributed by atoms with Crippen LogP contribution in [-0.2, 0) is 4.79 Å². The summed E-state index contributed by atoms with van der Waals surface area (Å²) in [6.45, 7) is 3.18. The number of nitrogens with one attached hydrogen (secondary N) is 1. The summed E-state index contributed by atoms with van der Waals surface area (Å²) in [5, 5.41) is 12.2. The average Bonchev–Trinajstić information content (AvgIpc) is 2.60. The largest absolute Gasteiger partial charge is 0.392 e. The Hall–Kier alpha value is -1.04. The Morgan fingerprint density at radius 3 is 3.11 bits per heavy atom. The number of hydrogen-bond donors (Lipinski definition) is 2. The van der Waals surface area contributed by atoms with E-state index in [4.69, 9.17) is 0 Å². The maximum absolute atomic E-state index is 12.3. The number of amides is 1. The number of rotatable bonds is 4. The average molecular weight is 280 g/mol. The summed E-state index contributed by atoms with van der Waals surface area (Å²) in [4.78, 5) is 15.3. The first kappa shape index (κ1) is 14.4. The number of nitrogens with zero attached hydrogens (tertiary/aromatic N) is 1. The van der Waals surface area contributed by atoms with Crippen molar-refractivity contribution in [3.05, 3.63) is 24.3 Å². The van der Waals surface area contributed by atoms with Gasteiger partial charge in [-0.1, -0.05) is 12.1 Å². The summed E-state index contributed by atoms with van der Waals surface area (Å²) in [5.41, 5.74) is 1.01. The van der Waals surface area contributed by atoms with E-state index in [9.17, 15) is 9.90 Å². The van der Waals surface area contributed by atoms with Crippen molar-refractivity contribution in [2.75, 3.05) is 30.3 Å². The van der Waals surface area contributed by atoms with Crippen LogP contribution in [0.3, 0.4) is 0 Å². The summed E-state index contributed by atoms with van der Waals surface area (Å²) in [7, 11) is 0. The zero-order valence-corrected chi connectivity index (χ0v) is 11.9. The molecule has 1 aromatic carbocycles. The molecule has 1 atom stereocenters. The molecule has 0 saturated carbocycles. The molecule has 19 heavy (non-hydrogen) atoms. The second kappa shape index (κ2) is 6.93. The van der Waals surface area contributed by atoms with Gasteiger partial charge in [0.2, 0.25) is 5.91 Å². The SMILES string of the molecule is CC(O)CNCC(=O)N1CCCSc2ccccc21. The monoisotopic (exact) mass is 280 g/mol. The van der Waals surface area contributed by atoms with Gasteiger partial charge in [0.25, 0.3) is 0 Å². The number of thioether (sulfide) groups is 1. The van der Waals surface area contributed by atoms with E-state index in [1.54, 1.807) is 18.7 Å². The minimum atomic E-state index is -0.431. The molecule has 1 heterocycles. The number of carbonyl (C=O) groups is 1. The Bertz CT molecular complexity index is 437. The lowest BCUT2D eigenvalue weighted by Crippen LogP contribution is -2.40. The first-order valence-electron chi connectivity index (χ1n) is 6.59. The predicted octanol–water partition coefficient (Wildman–Crippen LogP) is 1.49. The molecule has 1 aliphatic heterocycles. The van der Waals surface area contributed by atoms with Gasteiger partial charge in [-0.2, -0.15) is 0 Å². The smallest absolute Gasteiger partial charge is 0.240 e. The number of para-hydroxylation sites is 1. The van der Waals surface area contributed by atoms with Crippen LogP contribution in [0.4, 0.5) is 5.69 Å². The van der Waals surface area contributed by atoms with Gasteiger partial charge >= 0.3 is 0 Å². The standard InChI is InChI=1S/C14H20N2O2S/c1-11(17)9-15-10-14(18)16-7-4-8-19-13-6-3-2-5-12(13)16/h2-3,5-6,11,15,17H,4,7-10H2,1H3. The topological polar surface area (TPSA) is 52.6 Å². The van der Waals surface area contributed by atoms with Crippen LogP contribution in [0.2, 0.25) is 0 Å². The minimum Gasteiger partial charge on any atom is -0.392 e. The molecule has 2 N–H and O–H groups in total. The van der Waals surface area contributed by atoms with Gasteiger partial charge in [-0.3, -0.25) is 4.79 Å². The summed E-state index contributed by atoms with van der Waals surface area (Å²) in [6.07, 6.45) is 0.571. The van der Waals surface area contributed by atoms with E-state index in [0.717, 1.165) is 24.4 Å². The highest BCUT2D eigenvalue weighted by molar-refractivity contribution is 7.99. The molecule has 0 fully saturated rings. The molecule has 104 valence electrons. The highest BCUT2D eigenvalue weighted by atomic mass is 32.2. The van der Waals surface area contributed by atoms with Crippen LogP contribution >= 0.6 is 11.8 Å². The summed E-state index contributed by atoms with van der Waals surface area (Å²) in [6, 6.07) is 8.04. The Labute approximate surface area is 118 Å². The molecular formula is C14H20N2O2S. The third-order valence-corrected chi connectivity index (χ3v) is 4.11. The lowest BCUT2D eigenvalue weighted by molar-refractivity contribution is -0.117. The van der Waals surface area contributed by atoms with Crippen LogP contribution in [0, 0.1) is 0 Å². The van der Waals surface area contributed by atoms with E-state index < -0.39 is 6.10 Å². The van der Waals surface area contributed by atoms with Crippen LogP contribution in [0.25, 0.3) is 0 Å². The molecule has 0 bridgehead atoms. The molecule has 1 unspecified atom stereocenters. The summed E-state index contributed by atoms with van der Waals surface area (Å²) in [5.74, 6) is 1.11. The molecule has 1 aliphatic rings. The van der Waals surface area contributed by atoms with Crippen molar-refractivity contribution in [3.63, 3.8) is 0 Å². The van der Waals surface area contributed by atoms with Gasteiger partial charge in [-0.25, -0.2) is 0 Å². The molecule has 1 amide bonds. The number of fused-ring (bicyclic) bond motifs is 1. The zero-order chi connectivity index (χ0) is 13.7.